The van der Waals surface area contributed by atoms with Crippen molar-refractivity contribution >= 4 is 0 Å². The Labute approximate surface area is 77.1 Å². The zero-order valence-electron chi connectivity index (χ0n) is 9.06. The Kier molecular flexibility index (Phi) is 5.51. The summed E-state index contributed by atoms with van der Waals surface area (Å²) in [6.45, 7) is 10.9. The van der Waals surface area contributed by atoms with Gasteiger partial charge in [-0.25, -0.2) is 5.01 Å². The molecule has 0 rings (SSSR count). The molecule has 0 aromatic rings. The van der Waals surface area contributed by atoms with Crippen LogP contribution in [0.2, 0.25) is 0 Å². The highest BCUT2D eigenvalue weighted by Crippen LogP contribution is 2.13. The zero-order valence-corrected chi connectivity index (χ0v) is 9.06. The highest BCUT2D eigenvalue weighted by molar-refractivity contribution is 4.65. The minimum atomic E-state index is 0.320. The molecule has 0 bridgehead atoms. The van der Waals surface area contributed by atoms with Crippen LogP contribution in [0.25, 0.3) is 0 Å². The van der Waals surface area contributed by atoms with E-state index in [1.165, 1.54) is 19.3 Å². The summed E-state index contributed by atoms with van der Waals surface area (Å²) < 4.78 is 0. The van der Waals surface area contributed by atoms with Crippen LogP contribution in [0.1, 0.15) is 47.0 Å². The maximum Gasteiger partial charge on any atom is 0.0177 e. The van der Waals surface area contributed by atoms with E-state index in [-0.39, 0.29) is 0 Å². The van der Waals surface area contributed by atoms with E-state index in [0.29, 0.717) is 5.41 Å². The van der Waals surface area contributed by atoms with Crippen molar-refractivity contribution in [3.8, 4) is 0 Å². The molecule has 0 amide bonds. The minimum absolute atomic E-state index is 0.320. The lowest BCUT2D eigenvalue weighted by Crippen LogP contribution is -2.38. The van der Waals surface area contributed by atoms with Crippen molar-refractivity contribution in [2.24, 2.45) is 11.3 Å². The summed E-state index contributed by atoms with van der Waals surface area (Å²) in [6, 6.07) is 0. The van der Waals surface area contributed by atoms with E-state index >= 15 is 0 Å². The second-order valence-corrected chi connectivity index (χ2v) is 4.74. The van der Waals surface area contributed by atoms with Crippen molar-refractivity contribution in [1.29, 1.82) is 0 Å². The highest BCUT2D eigenvalue weighted by atomic mass is 15.4. The average molecular weight is 172 g/mol. The number of rotatable bonds is 5. The van der Waals surface area contributed by atoms with Crippen LogP contribution >= 0.6 is 0 Å². The van der Waals surface area contributed by atoms with E-state index in [1.807, 2.05) is 5.01 Å². The predicted molar refractivity (Wildman–Crippen MR) is 54.7 cm³/mol. The molecule has 0 fully saturated rings. The molecule has 0 aromatic heterocycles. The molecule has 0 aliphatic rings. The Morgan fingerprint density at radius 2 is 1.75 bits per heavy atom. The van der Waals surface area contributed by atoms with Gasteiger partial charge in [0.2, 0.25) is 0 Å². The van der Waals surface area contributed by atoms with Crippen LogP contribution in [0.4, 0.5) is 0 Å². The molecule has 12 heavy (non-hydrogen) atoms. The molecule has 0 atom stereocenters. The summed E-state index contributed by atoms with van der Waals surface area (Å²) in [4.78, 5) is 0. The van der Waals surface area contributed by atoms with Crippen molar-refractivity contribution in [1.82, 2.24) is 5.01 Å². The summed E-state index contributed by atoms with van der Waals surface area (Å²) in [5.41, 5.74) is 0.320. The number of hydrogen-bond acceptors (Lipinski definition) is 2. The van der Waals surface area contributed by atoms with E-state index in [1.54, 1.807) is 0 Å². The number of hydrogen-bond donors (Lipinski definition) is 1. The highest BCUT2D eigenvalue weighted by Gasteiger charge is 2.12. The Morgan fingerprint density at radius 1 is 1.17 bits per heavy atom. The monoisotopic (exact) mass is 172 g/mol. The third-order valence-corrected chi connectivity index (χ3v) is 1.73. The summed E-state index contributed by atoms with van der Waals surface area (Å²) >= 11 is 0. The minimum Gasteiger partial charge on any atom is -0.269 e. The molecule has 74 valence electrons. The van der Waals surface area contributed by atoms with Crippen LogP contribution in [0, 0.1) is 5.41 Å². The molecule has 0 spiro atoms. The molecule has 0 saturated heterocycles. The van der Waals surface area contributed by atoms with Gasteiger partial charge in [0, 0.05) is 13.1 Å². The van der Waals surface area contributed by atoms with Gasteiger partial charge in [-0.2, -0.15) is 0 Å². The van der Waals surface area contributed by atoms with Crippen molar-refractivity contribution in [2.75, 3.05) is 13.1 Å². The van der Waals surface area contributed by atoms with Crippen LogP contribution in [0.5, 0.6) is 0 Å². The zero-order chi connectivity index (χ0) is 9.61. The standard InChI is InChI=1S/C10H24N2/c1-5-6-7-8-12(11)9-10(2,3)4/h5-9,11H2,1-4H3. The Bertz CT molecular complexity index is 105. The van der Waals surface area contributed by atoms with Crippen LogP contribution in [-0.2, 0) is 0 Å². The lowest BCUT2D eigenvalue weighted by molar-refractivity contribution is 0.191. The normalized spacial score (nSPS) is 12.5. The Morgan fingerprint density at radius 3 is 2.17 bits per heavy atom. The molecule has 0 radical (unpaired) electrons. The Balaban J connectivity index is 3.40. The molecule has 0 aromatic carbocycles. The van der Waals surface area contributed by atoms with E-state index in [4.69, 9.17) is 5.84 Å². The van der Waals surface area contributed by atoms with Gasteiger partial charge in [0.05, 0.1) is 0 Å². The summed E-state index contributed by atoms with van der Waals surface area (Å²) in [5, 5.41) is 1.94. The van der Waals surface area contributed by atoms with Crippen LogP contribution in [0.3, 0.4) is 0 Å². The quantitative estimate of drug-likeness (QED) is 0.392. The molecular formula is C10H24N2. The number of unbranched alkanes of at least 4 members (excludes halogenated alkanes) is 2. The molecule has 0 heterocycles. The molecule has 0 saturated carbocycles. The molecule has 2 heteroatoms. The summed E-state index contributed by atoms with van der Waals surface area (Å²) in [7, 11) is 0. The first-order valence-corrected chi connectivity index (χ1v) is 4.95. The second kappa shape index (κ2) is 5.55. The second-order valence-electron chi connectivity index (χ2n) is 4.74. The first-order chi connectivity index (χ1) is 5.45. The fraction of sp³-hybridized carbons (Fsp3) is 1.00. The van der Waals surface area contributed by atoms with Crippen LogP contribution in [0.15, 0.2) is 0 Å². The maximum absolute atomic E-state index is 5.83. The fourth-order valence-electron chi connectivity index (χ4n) is 1.25. The van der Waals surface area contributed by atoms with Gasteiger partial charge < -0.3 is 0 Å². The third kappa shape index (κ3) is 8.02. The topological polar surface area (TPSA) is 29.3 Å². The van der Waals surface area contributed by atoms with Gasteiger partial charge in [-0.05, 0) is 11.8 Å². The van der Waals surface area contributed by atoms with Gasteiger partial charge in [0.1, 0.15) is 0 Å². The van der Waals surface area contributed by atoms with Crippen molar-refractivity contribution in [2.45, 2.75) is 47.0 Å². The molecule has 2 nitrogen and oxygen atoms in total. The van der Waals surface area contributed by atoms with Crippen molar-refractivity contribution in [3.05, 3.63) is 0 Å². The van der Waals surface area contributed by atoms with E-state index < -0.39 is 0 Å². The fourth-order valence-corrected chi connectivity index (χ4v) is 1.25. The van der Waals surface area contributed by atoms with Crippen LogP contribution < -0.4 is 5.84 Å². The van der Waals surface area contributed by atoms with E-state index in [9.17, 15) is 0 Å². The molecular weight excluding hydrogens is 148 g/mol. The third-order valence-electron chi connectivity index (χ3n) is 1.73. The average Bonchev–Trinajstić information content (AvgIpc) is 1.84. The summed E-state index contributed by atoms with van der Waals surface area (Å²) in [6.07, 6.45) is 3.78. The SMILES string of the molecule is CCCCCN(N)CC(C)(C)C. The van der Waals surface area contributed by atoms with Gasteiger partial charge in [0.25, 0.3) is 0 Å². The predicted octanol–water partition coefficient (Wildman–Crippen LogP) is 2.40. The van der Waals surface area contributed by atoms with Crippen molar-refractivity contribution < 1.29 is 0 Å². The first kappa shape index (κ1) is 11.9. The molecule has 0 aliphatic carbocycles. The van der Waals surface area contributed by atoms with Gasteiger partial charge in [0.15, 0.2) is 0 Å². The lowest BCUT2D eigenvalue weighted by Gasteiger charge is -2.25. The largest absolute Gasteiger partial charge is 0.269 e. The van der Waals surface area contributed by atoms with Gasteiger partial charge in [-0.3, -0.25) is 5.84 Å². The number of nitrogens with zero attached hydrogens (tertiary/aromatic N) is 1. The first-order valence-electron chi connectivity index (χ1n) is 4.95. The molecule has 2 N–H and O–H groups in total. The van der Waals surface area contributed by atoms with Gasteiger partial charge in [-0.1, -0.05) is 40.5 Å². The van der Waals surface area contributed by atoms with Gasteiger partial charge >= 0.3 is 0 Å². The summed E-state index contributed by atoms with van der Waals surface area (Å²) in [5.74, 6) is 5.83. The Hall–Kier alpha value is -0.0800. The van der Waals surface area contributed by atoms with Crippen molar-refractivity contribution in [3.63, 3.8) is 0 Å². The maximum atomic E-state index is 5.83. The smallest absolute Gasteiger partial charge is 0.0177 e. The number of nitrogens with two attached hydrogens (primary N) is 1. The van der Waals surface area contributed by atoms with Gasteiger partial charge in [-0.15, -0.1) is 0 Å². The van der Waals surface area contributed by atoms with E-state index in [2.05, 4.69) is 27.7 Å². The number of hydrazine groups is 1. The van der Waals surface area contributed by atoms with E-state index in [0.717, 1.165) is 13.1 Å². The molecule has 0 aliphatic heterocycles. The lowest BCUT2D eigenvalue weighted by atomic mass is 9.97. The van der Waals surface area contributed by atoms with Crippen LogP contribution in [-0.4, -0.2) is 18.1 Å². The molecule has 0 unspecified atom stereocenters.